The van der Waals surface area contributed by atoms with E-state index in [-0.39, 0.29) is 17.0 Å². The van der Waals surface area contributed by atoms with Gasteiger partial charge in [-0.05, 0) is 25.8 Å². The molecular formula is C17H28N2O. The molecule has 0 saturated heterocycles. The Hall–Kier alpha value is -1.09. The zero-order valence-corrected chi connectivity index (χ0v) is 13.3. The summed E-state index contributed by atoms with van der Waals surface area (Å²) in [5, 5.41) is 0. The lowest BCUT2D eigenvalue weighted by Crippen LogP contribution is -2.36. The van der Waals surface area contributed by atoms with Gasteiger partial charge in [0.05, 0.1) is 0 Å². The van der Waals surface area contributed by atoms with E-state index in [9.17, 15) is 4.79 Å². The molecule has 1 fully saturated rings. The van der Waals surface area contributed by atoms with E-state index in [2.05, 4.69) is 31.4 Å². The van der Waals surface area contributed by atoms with Crippen molar-refractivity contribution >= 4 is 0 Å². The van der Waals surface area contributed by atoms with Gasteiger partial charge in [-0.25, -0.2) is 0 Å². The average molecular weight is 276 g/mol. The van der Waals surface area contributed by atoms with Gasteiger partial charge < -0.3 is 10.3 Å². The standard InChI is InChI=1S/C17H28N2O/c1-12(18)14-10-11-15(17(2,3)4)19(16(14)20)13-8-6-5-7-9-13/h10-13H,5-9,18H2,1-4H3. The first-order valence-electron chi connectivity index (χ1n) is 7.84. The Morgan fingerprint density at radius 3 is 2.30 bits per heavy atom. The summed E-state index contributed by atoms with van der Waals surface area (Å²) in [5.74, 6) is 0. The van der Waals surface area contributed by atoms with Crippen LogP contribution in [0.4, 0.5) is 0 Å². The molecule has 1 saturated carbocycles. The van der Waals surface area contributed by atoms with Crippen LogP contribution in [0, 0.1) is 0 Å². The first kappa shape index (κ1) is 15.3. The van der Waals surface area contributed by atoms with Crippen LogP contribution in [0.25, 0.3) is 0 Å². The number of nitrogens with zero attached hydrogens (tertiary/aromatic N) is 1. The average Bonchev–Trinajstić information content (AvgIpc) is 2.37. The predicted molar refractivity (Wildman–Crippen MR) is 84.1 cm³/mol. The van der Waals surface area contributed by atoms with Crippen LogP contribution in [0.1, 0.15) is 83.1 Å². The summed E-state index contributed by atoms with van der Waals surface area (Å²) < 4.78 is 2.05. The number of hydrogen-bond donors (Lipinski definition) is 1. The fourth-order valence-electron chi connectivity index (χ4n) is 3.23. The molecule has 112 valence electrons. The zero-order valence-electron chi connectivity index (χ0n) is 13.3. The minimum absolute atomic E-state index is 0.0209. The Kier molecular flexibility index (Phi) is 4.38. The molecular weight excluding hydrogens is 248 g/mol. The summed E-state index contributed by atoms with van der Waals surface area (Å²) in [4.78, 5) is 12.9. The van der Waals surface area contributed by atoms with E-state index in [0.717, 1.165) is 24.1 Å². The van der Waals surface area contributed by atoms with Gasteiger partial charge in [-0.2, -0.15) is 0 Å². The van der Waals surface area contributed by atoms with E-state index in [1.165, 1.54) is 19.3 Å². The molecule has 1 aliphatic carbocycles. The predicted octanol–water partition coefficient (Wildman–Crippen LogP) is 3.67. The molecule has 1 unspecified atom stereocenters. The SMILES string of the molecule is CC(N)c1ccc(C(C)(C)C)n(C2CCCCC2)c1=O. The molecule has 3 nitrogen and oxygen atoms in total. The second kappa shape index (κ2) is 5.72. The number of hydrogen-bond acceptors (Lipinski definition) is 2. The number of pyridine rings is 1. The molecule has 0 bridgehead atoms. The third-order valence-corrected chi connectivity index (χ3v) is 4.34. The van der Waals surface area contributed by atoms with Gasteiger partial charge in [-0.1, -0.05) is 46.1 Å². The van der Waals surface area contributed by atoms with E-state index >= 15 is 0 Å². The smallest absolute Gasteiger partial charge is 0.255 e. The lowest BCUT2D eigenvalue weighted by Gasteiger charge is -2.32. The van der Waals surface area contributed by atoms with Crippen LogP contribution in [0.3, 0.4) is 0 Å². The highest BCUT2D eigenvalue weighted by atomic mass is 16.1. The second-order valence-corrected chi connectivity index (χ2v) is 7.18. The molecule has 0 amide bonds. The Labute approximate surface area is 122 Å². The van der Waals surface area contributed by atoms with Crippen LogP contribution >= 0.6 is 0 Å². The molecule has 2 rings (SSSR count). The van der Waals surface area contributed by atoms with Crippen molar-refractivity contribution in [3.63, 3.8) is 0 Å². The van der Waals surface area contributed by atoms with E-state index in [4.69, 9.17) is 5.73 Å². The Morgan fingerprint density at radius 1 is 1.20 bits per heavy atom. The molecule has 0 radical (unpaired) electrons. The fraction of sp³-hybridized carbons (Fsp3) is 0.706. The highest BCUT2D eigenvalue weighted by Crippen LogP contribution is 2.32. The fourth-order valence-corrected chi connectivity index (χ4v) is 3.23. The molecule has 0 spiro atoms. The molecule has 1 atom stereocenters. The van der Waals surface area contributed by atoms with Crippen LogP contribution in [0.15, 0.2) is 16.9 Å². The summed E-state index contributed by atoms with van der Waals surface area (Å²) in [7, 11) is 0. The van der Waals surface area contributed by atoms with Gasteiger partial charge in [0.15, 0.2) is 0 Å². The van der Waals surface area contributed by atoms with Crippen molar-refractivity contribution in [2.24, 2.45) is 5.73 Å². The summed E-state index contributed by atoms with van der Waals surface area (Å²) in [6.45, 7) is 8.41. The molecule has 1 aromatic rings. The second-order valence-electron chi connectivity index (χ2n) is 7.18. The van der Waals surface area contributed by atoms with Crippen LogP contribution in [0.2, 0.25) is 0 Å². The highest BCUT2D eigenvalue weighted by molar-refractivity contribution is 5.24. The van der Waals surface area contributed by atoms with Gasteiger partial charge in [0, 0.05) is 28.8 Å². The zero-order chi connectivity index (χ0) is 14.9. The highest BCUT2D eigenvalue weighted by Gasteiger charge is 2.26. The van der Waals surface area contributed by atoms with Crippen molar-refractivity contribution in [3.8, 4) is 0 Å². The van der Waals surface area contributed by atoms with Crippen molar-refractivity contribution in [1.29, 1.82) is 0 Å². The van der Waals surface area contributed by atoms with Crippen molar-refractivity contribution in [2.45, 2.75) is 77.3 Å². The molecule has 0 aromatic carbocycles. The number of rotatable bonds is 2. The van der Waals surface area contributed by atoms with Gasteiger partial charge in [0.2, 0.25) is 0 Å². The first-order valence-corrected chi connectivity index (χ1v) is 7.84. The van der Waals surface area contributed by atoms with Gasteiger partial charge in [0.1, 0.15) is 0 Å². The molecule has 1 aromatic heterocycles. The van der Waals surface area contributed by atoms with Crippen LogP contribution in [-0.2, 0) is 5.41 Å². The molecule has 2 N–H and O–H groups in total. The topological polar surface area (TPSA) is 48.0 Å². The number of aromatic nitrogens is 1. The van der Waals surface area contributed by atoms with Gasteiger partial charge >= 0.3 is 0 Å². The summed E-state index contributed by atoms with van der Waals surface area (Å²) in [5.41, 5.74) is 7.94. The van der Waals surface area contributed by atoms with E-state index in [1.54, 1.807) is 0 Å². The van der Waals surface area contributed by atoms with Crippen molar-refractivity contribution < 1.29 is 0 Å². The minimum Gasteiger partial charge on any atom is -0.324 e. The summed E-state index contributed by atoms with van der Waals surface area (Å²) in [6, 6.07) is 4.18. The lowest BCUT2D eigenvalue weighted by atomic mass is 9.88. The Balaban J connectivity index is 2.59. The van der Waals surface area contributed by atoms with E-state index in [1.807, 2.05) is 13.0 Å². The van der Waals surface area contributed by atoms with Crippen molar-refractivity contribution in [1.82, 2.24) is 4.57 Å². The normalized spacial score (nSPS) is 19.1. The molecule has 20 heavy (non-hydrogen) atoms. The third kappa shape index (κ3) is 2.98. The molecule has 3 heteroatoms. The Bertz CT molecular complexity index is 517. The van der Waals surface area contributed by atoms with Crippen molar-refractivity contribution in [3.05, 3.63) is 33.7 Å². The lowest BCUT2D eigenvalue weighted by molar-refractivity contribution is 0.323. The van der Waals surface area contributed by atoms with Gasteiger partial charge in [-0.3, -0.25) is 4.79 Å². The third-order valence-electron chi connectivity index (χ3n) is 4.34. The van der Waals surface area contributed by atoms with Gasteiger partial charge in [0.25, 0.3) is 5.56 Å². The molecule has 1 aliphatic rings. The maximum Gasteiger partial charge on any atom is 0.255 e. The van der Waals surface area contributed by atoms with Gasteiger partial charge in [-0.15, -0.1) is 0 Å². The summed E-state index contributed by atoms with van der Waals surface area (Å²) >= 11 is 0. The van der Waals surface area contributed by atoms with Crippen LogP contribution in [0.5, 0.6) is 0 Å². The first-order chi connectivity index (χ1) is 9.32. The van der Waals surface area contributed by atoms with Crippen molar-refractivity contribution in [2.75, 3.05) is 0 Å². The molecule has 1 heterocycles. The van der Waals surface area contributed by atoms with Crippen LogP contribution < -0.4 is 11.3 Å². The number of nitrogens with two attached hydrogens (primary N) is 1. The maximum atomic E-state index is 12.9. The minimum atomic E-state index is -0.202. The quantitative estimate of drug-likeness (QED) is 0.896. The summed E-state index contributed by atoms with van der Waals surface area (Å²) in [6.07, 6.45) is 5.98. The molecule has 0 aliphatic heterocycles. The monoisotopic (exact) mass is 276 g/mol. The van der Waals surface area contributed by atoms with Crippen LogP contribution in [-0.4, -0.2) is 4.57 Å². The van der Waals surface area contributed by atoms with E-state index < -0.39 is 0 Å². The Morgan fingerprint density at radius 2 is 1.80 bits per heavy atom. The van der Waals surface area contributed by atoms with E-state index in [0.29, 0.717) is 6.04 Å². The largest absolute Gasteiger partial charge is 0.324 e. The maximum absolute atomic E-state index is 12.9.